The first-order valence-corrected chi connectivity index (χ1v) is 8.16. The Balaban J connectivity index is 0.00000176. The van der Waals surface area contributed by atoms with Crippen molar-refractivity contribution in [3.63, 3.8) is 0 Å². The van der Waals surface area contributed by atoms with Crippen LogP contribution < -0.4 is 10.5 Å². The molecule has 2 heterocycles. The topological polar surface area (TPSA) is 105 Å². The molecule has 0 saturated carbocycles. The summed E-state index contributed by atoms with van der Waals surface area (Å²) in [6.07, 6.45) is 0.789. The quantitative estimate of drug-likeness (QED) is 0.768. The normalized spacial score (nSPS) is 23.8. The number of hydrogen-bond donors (Lipinski definition) is 2. The van der Waals surface area contributed by atoms with Crippen molar-refractivity contribution in [3.8, 4) is 0 Å². The van der Waals surface area contributed by atoms with E-state index >= 15 is 0 Å². The lowest BCUT2D eigenvalue weighted by Gasteiger charge is -2.14. The van der Waals surface area contributed by atoms with Gasteiger partial charge in [-0.3, -0.25) is 14.5 Å². The minimum Gasteiger partial charge on any atom is -0.339 e. The predicted octanol–water partition coefficient (Wildman–Crippen LogP) is -0.293. The number of nitrogens with zero attached hydrogens (tertiary/aromatic N) is 2. The van der Waals surface area contributed by atoms with Crippen molar-refractivity contribution in [2.45, 2.75) is 17.4 Å². The van der Waals surface area contributed by atoms with Crippen LogP contribution in [0.4, 0.5) is 0 Å². The summed E-state index contributed by atoms with van der Waals surface area (Å²) in [6.45, 7) is 1.08. The van der Waals surface area contributed by atoms with Crippen LogP contribution in [0, 0.1) is 0 Å². The number of sulfonamides is 1. The Morgan fingerprint density at radius 2 is 2.14 bits per heavy atom. The summed E-state index contributed by atoms with van der Waals surface area (Å²) in [5.74, 6) is 0.0847. The van der Waals surface area contributed by atoms with Gasteiger partial charge < -0.3 is 10.6 Å². The highest BCUT2D eigenvalue weighted by molar-refractivity contribution is 7.90. The van der Waals surface area contributed by atoms with E-state index in [2.05, 4.69) is 9.71 Å². The van der Waals surface area contributed by atoms with Gasteiger partial charge in [0.2, 0.25) is 5.91 Å². The van der Waals surface area contributed by atoms with Crippen LogP contribution in [0.3, 0.4) is 0 Å². The summed E-state index contributed by atoms with van der Waals surface area (Å²) in [6, 6.07) is 6.59. The first-order chi connectivity index (χ1) is 9.97. The number of rotatable bonds is 2. The Morgan fingerprint density at radius 3 is 2.82 bits per heavy atom. The monoisotopic (exact) mass is 344 g/mol. The van der Waals surface area contributed by atoms with Crippen molar-refractivity contribution in [3.05, 3.63) is 29.8 Å². The molecular weight excluding hydrogens is 328 g/mol. The molecule has 1 aromatic rings. The maximum atomic E-state index is 12.0. The largest absolute Gasteiger partial charge is 0.339 e. The third-order valence-corrected chi connectivity index (χ3v) is 5.01. The van der Waals surface area contributed by atoms with Crippen LogP contribution in [0.15, 0.2) is 34.2 Å². The third-order valence-electron chi connectivity index (χ3n) is 3.61. The molecule has 0 spiro atoms. The summed E-state index contributed by atoms with van der Waals surface area (Å²) in [5.41, 5.74) is 6.26. The number of carbonyl (C=O) groups excluding carboxylic acids is 1. The van der Waals surface area contributed by atoms with Gasteiger partial charge in [0.05, 0.1) is 4.90 Å². The first-order valence-electron chi connectivity index (χ1n) is 6.67. The van der Waals surface area contributed by atoms with E-state index in [1.54, 1.807) is 23.1 Å². The first kappa shape index (κ1) is 16.7. The van der Waals surface area contributed by atoms with Gasteiger partial charge in [-0.1, -0.05) is 12.1 Å². The number of halogens is 1. The van der Waals surface area contributed by atoms with Crippen molar-refractivity contribution in [2.24, 2.45) is 10.7 Å². The van der Waals surface area contributed by atoms with Gasteiger partial charge in [0.1, 0.15) is 12.4 Å². The summed E-state index contributed by atoms with van der Waals surface area (Å²) < 4.78 is 26.2. The van der Waals surface area contributed by atoms with Crippen molar-refractivity contribution in [1.82, 2.24) is 9.62 Å². The number of amidine groups is 1. The fraction of sp³-hybridized carbons (Fsp3) is 0.385. The molecule has 1 amide bonds. The zero-order valence-electron chi connectivity index (χ0n) is 11.7. The maximum absolute atomic E-state index is 12.0. The minimum absolute atomic E-state index is 0. The lowest BCUT2D eigenvalue weighted by molar-refractivity contribution is -0.128. The van der Waals surface area contributed by atoms with Gasteiger partial charge in [-0.2, -0.15) is 0 Å². The highest BCUT2D eigenvalue weighted by atomic mass is 35.5. The average molecular weight is 345 g/mol. The van der Waals surface area contributed by atoms with Crippen LogP contribution in [0.2, 0.25) is 0 Å². The molecule has 2 aliphatic rings. The van der Waals surface area contributed by atoms with E-state index < -0.39 is 10.0 Å². The van der Waals surface area contributed by atoms with E-state index in [0.29, 0.717) is 18.7 Å². The Kier molecular flexibility index (Phi) is 4.74. The van der Waals surface area contributed by atoms with Crippen molar-refractivity contribution in [2.75, 3.05) is 19.6 Å². The number of likely N-dealkylation sites (tertiary alicyclic amines) is 1. The van der Waals surface area contributed by atoms with Gasteiger partial charge in [0, 0.05) is 24.7 Å². The highest BCUT2D eigenvalue weighted by Crippen LogP contribution is 2.22. The van der Waals surface area contributed by atoms with Gasteiger partial charge in [-0.05, 0) is 18.6 Å². The fourth-order valence-corrected chi connectivity index (χ4v) is 3.76. The molecule has 9 heteroatoms. The minimum atomic E-state index is -3.56. The van der Waals surface area contributed by atoms with Crippen molar-refractivity contribution in [1.29, 1.82) is 0 Å². The highest BCUT2D eigenvalue weighted by Gasteiger charge is 2.30. The Labute approximate surface area is 135 Å². The molecule has 0 bridgehead atoms. The van der Waals surface area contributed by atoms with Gasteiger partial charge >= 0.3 is 0 Å². The van der Waals surface area contributed by atoms with Crippen molar-refractivity contribution < 1.29 is 13.2 Å². The molecule has 7 nitrogen and oxygen atoms in total. The van der Waals surface area contributed by atoms with E-state index in [0.717, 1.165) is 6.42 Å². The van der Waals surface area contributed by atoms with Crippen LogP contribution in [-0.2, 0) is 14.8 Å². The van der Waals surface area contributed by atoms with Gasteiger partial charge in [0.15, 0.2) is 0 Å². The molecule has 120 valence electrons. The maximum Gasteiger partial charge on any atom is 0.263 e. The molecular formula is C13H17ClN4O3S. The van der Waals surface area contributed by atoms with Crippen LogP contribution in [0.25, 0.3) is 0 Å². The van der Waals surface area contributed by atoms with Crippen LogP contribution >= 0.6 is 12.4 Å². The number of fused-ring (bicyclic) bond motifs is 1. The second-order valence-electron chi connectivity index (χ2n) is 5.16. The van der Waals surface area contributed by atoms with E-state index in [-0.39, 0.29) is 41.6 Å². The van der Waals surface area contributed by atoms with Crippen LogP contribution in [-0.4, -0.2) is 50.7 Å². The third kappa shape index (κ3) is 3.08. The summed E-state index contributed by atoms with van der Waals surface area (Å²) in [4.78, 5) is 18.0. The van der Waals surface area contributed by atoms with E-state index in [1.165, 1.54) is 6.07 Å². The summed E-state index contributed by atoms with van der Waals surface area (Å²) >= 11 is 0. The number of benzene rings is 1. The molecule has 0 unspecified atom stereocenters. The fourth-order valence-electron chi connectivity index (χ4n) is 2.51. The van der Waals surface area contributed by atoms with Crippen LogP contribution in [0.5, 0.6) is 0 Å². The molecule has 1 fully saturated rings. The molecule has 2 aliphatic heterocycles. The Bertz CT molecular complexity index is 720. The number of amides is 1. The zero-order chi connectivity index (χ0) is 15.0. The lowest BCUT2D eigenvalue weighted by atomic mass is 10.2. The molecule has 1 saturated heterocycles. The van der Waals surface area contributed by atoms with Crippen molar-refractivity contribution >= 4 is 34.2 Å². The van der Waals surface area contributed by atoms with Crippen LogP contribution in [0.1, 0.15) is 12.0 Å². The van der Waals surface area contributed by atoms with Gasteiger partial charge in [-0.15, -0.1) is 12.4 Å². The number of aliphatic imine (C=N–C) groups is 1. The molecule has 0 aromatic heterocycles. The SMILES string of the molecule is Cl.N[C@@H]1CCN(C(=O)CN=C2NS(=O)(=O)c3ccccc32)C1. The molecule has 1 aromatic carbocycles. The number of nitrogens with one attached hydrogen (secondary N) is 1. The smallest absolute Gasteiger partial charge is 0.263 e. The van der Waals surface area contributed by atoms with E-state index in [1.807, 2.05) is 0 Å². The molecule has 22 heavy (non-hydrogen) atoms. The number of nitrogens with two attached hydrogens (primary N) is 1. The number of carbonyl (C=O) groups is 1. The predicted molar refractivity (Wildman–Crippen MR) is 84.6 cm³/mol. The molecule has 1 atom stereocenters. The second kappa shape index (κ2) is 6.23. The second-order valence-corrected chi connectivity index (χ2v) is 6.81. The van der Waals surface area contributed by atoms with Gasteiger partial charge in [-0.25, -0.2) is 8.42 Å². The molecule has 0 radical (unpaired) electrons. The van der Waals surface area contributed by atoms with Gasteiger partial charge in [0.25, 0.3) is 10.0 Å². The molecule has 3 rings (SSSR count). The Hall–Kier alpha value is -1.64. The number of hydrogen-bond acceptors (Lipinski definition) is 5. The zero-order valence-corrected chi connectivity index (χ0v) is 13.4. The van der Waals surface area contributed by atoms with E-state index in [9.17, 15) is 13.2 Å². The van der Waals surface area contributed by atoms with E-state index in [4.69, 9.17) is 5.73 Å². The Morgan fingerprint density at radius 1 is 1.41 bits per heavy atom. The lowest BCUT2D eigenvalue weighted by Crippen LogP contribution is -2.34. The summed E-state index contributed by atoms with van der Waals surface area (Å²) in [7, 11) is -3.56. The summed E-state index contributed by atoms with van der Waals surface area (Å²) in [5, 5.41) is 0. The molecule has 0 aliphatic carbocycles. The standard InChI is InChI=1S/C13H16N4O3S.ClH/c14-9-5-6-17(8-9)12(18)7-15-13-10-3-1-2-4-11(10)21(19,20)16-13;/h1-4,9H,5-8,14H2,(H,15,16);1H/t9-;/m1./s1. The average Bonchev–Trinajstić information content (AvgIpc) is 2.99. The molecule has 3 N–H and O–H groups in total.